The van der Waals surface area contributed by atoms with Gasteiger partial charge in [-0.1, -0.05) is 13.8 Å². The van der Waals surface area contributed by atoms with E-state index in [-0.39, 0.29) is 30.8 Å². The normalized spacial score (nSPS) is 10.2. The second kappa shape index (κ2) is 6.60. The first-order chi connectivity index (χ1) is 6.07. The molecule has 0 fully saturated rings. The molecule has 0 atom stereocenters. The molecule has 0 unspecified atom stereocenters. The van der Waals surface area contributed by atoms with E-state index in [1.807, 2.05) is 6.92 Å². The number of rotatable bonds is 6. The van der Waals surface area contributed by atoms with Crippen LogP contribution < -0.4 is 5.32 Å². The first-order valence-electron chi connectivity index (χ1n) is 4.45. The van der Waals surface area contributed by atoms with Crippen LogP contribution in [0, 0.1) is 5.92 Å². The van der Waals surface area contributed by atoms with Gasteiger partial charge in [0.15, 0.2) is 5.78 Å². The van der Waals surface area contributed by atoms with E-state index >= 15 is 0 Å². The first kappa shape index (κ1) is 12.1. The predicted octanol–water partition coefficient (Wildman–Crippen LogP) is 0.364. The van der Waals surface area contributed by atoms with Gasteiger partial charge < -0.3 is 10.1 Å². The van der Waals surface area contributed by atoms with Crippen LogP contribution in [-0.2, 0) is 14.3 Å². The monoisotopic (exact) mass is 187 g/mol. The summed E-state index contributed by atoms with van der Waals surface area (Å²) in [4.78, 5) is 22.0. The van der Waals surface area contributed by atoms with Crippen molar-refractivity contribution in [3.63, 3.8) is 0 Å². The van der Waals surface area contributed by atoms with Gasteiger partial charge in [0.25, 0.3) is 0 Å². The Morgan fingerprint density at radius 2 is 2.00 bits per heavy atom. The fourth-order valence-corrected chi connectivity index (χ4v) is 0.636. The molecule has 0 aromatic heterocycles. The van der Waals surface area contributed by atoms with Gasteiger partial charge in [-0.3, -0.25) is 9.59 Å². The molecule has 0 spiro atoms. The van der Waals surface area contributed by atoms with Gasteiger partial charge in [0.1, 0.15) is 6.61 Å². The highest BCUT2D eigenvalue weighted by atomic mass is 16.5. The van der Waals surface area contributed by atoms with E-state index < -0.39 is 0 Å². The van der Waals surface area contributed by atoms with Crippen molar-refractivity contribution in [2.45, 2.75) is 20.8 Å². The maximum atomic E-state index is 11.1. The number of nitrogens with one attached hydrogen (secondary N) is 1. The van der Waals surface area contributed by atoms with E-state index in [9.17, 15) is 9.59 Å². The highest BCUT2D eigenvalue weighted by Crippen LogP contribution is 1.91. The number of hydrogen-bond acceptors (Lipinski definition) is 3. The molecule has 0 bridgehead atoms. The van der Waals surface area contributed by atoms with E-state index in [2.05, 4.69) is 5.32 Å². The number of ether oxygens (including phenoxy) is 1. The average molecular weight is 187 g/mol. The van der Waals surface area contributed by atoms with Crippen LogP contribution in [0.15, 0.2) is 0 Å². The standard InChI is InChI=1S/C9H17NO3/c1-4-13-6-9(12)10-5-8(11)7(2)3/h7H,4-6H2,1-3H3,(H,10,12). The lowest BCUT2D eigenvalue weighted by molar-refractivity contribution is -0.129. The molecule has 4 nitrogen and oxygen atoms in total. The molecule has 0 saturated heterocycles. The Kier molecular flexibility index (Phi) is 6.14. The minimum Gasteiger partial charge on any atom is -0.372 e. The molecule has 0 saturated carbocycles. The Balaban J connectivity index is 3.52. The number of carbonyl (C=O) groups excluding carboxylic acids is 2. The summed E-state index contributed by atoms with van der Waals surface area (Å²) in [6.45, 7) is 6.05. The van der Waals surface area contributed by atoms with Crippen molar-refractivity contribution in [3.8, 4) is 0 Å². The molecule has 1 N–H and O–H groups in total. The zero-order valence-electron chi connectivity index (χ0n) is 8.42. The van der Waals surface area contributed by atoms with Gasteiger partial charge in [-0.05, 0) is 6.92 Å². The summed E-state index contributed by atoms with van der Waals surface area (Å²) in [5, 5.41) is 2.49. The second-order valence-corrected chi connectivity index (χ2v) is 3.03. The molecule has 0 radical (unpaired) electrons. The van der Waals surface area contributed by atoms with E-state index in [0.29, 0.717) is 6.61 Å². The second-order valence-electron chi connectivity index (χ2n) is 3.03. The molecule has 1 amide bonds. The minimum atomic E-state index is -0.240. The van der Waals surface area contributed by atoms with Crippen LogP contribution in [0.1, 0.15) is 20.8 Å². The molecule has 0 aliphatic rings. The van der Waals surface area contributed by atoms with Crippen molar-refractivity contribution in [3.05, 3.63) is 0 Å². The maximum Gasteiger partial charge on any atom is 0.246 e. The molecule has 0 rings (SSSR count). The summed E-state index contributed by atoms with van der Waals surface area (Å²) < 4.78 is 4.86. The molecule has 0 aromatic carbocycles. The van der Waals surface area contributed by atoms with E-state index in [0.717, 1.165) is 0 Å². The van der Waals surface area contributed by atoms with Crippen LogP contribution in [0.5, 0.6) is 0 Å². The molecule has 0 aliphatic heterocycles. The molecular formula is C9H17NO3. The highest BCUT2D eigenvalue weighted by molar-refractivity contribution is 5.87. The van der Waals surface area contributed by atoms with Crippen molar-refractivity contribution < 1.29 is 14.3 Å². The largest absolute Gasteiger partial charge is 0.372 e. The Hall–Kier alpha value is -0.900. The lowest BCUT2D eigenvalue weighted by Crippen LogP contribution is -2.34. The van der Waals surface area contributed by atoms with Crippen LogP contribution in [0.4, 0.5) is 0 Å². The number of ketones is 1. The van der Waals surface area contributed by atoms with Crippen molar-refractivity contribution in [2.24, 2.45) is 5.92 Å². The van der Waals surface area contributed by atoms with E-state index in [1.165, 1.54) is 0 Å². The van der Waals surface area contributed by atoms with Gasteiger partial charge in [-0.25, -0.2) is 0 Å². The van der Waals surface area contributed by atoms with Gasteiger partial charge in [0.05, 0.1) is 6.54 Å². The van der Waals surface area contributed by atoms with Crippen molar-refractivity contribution >= 4 is 11.7 Å². The summed E-state index contributed by atoms with van der Waals surface area (Å²) in [5.41, 5.74) is 0. The quantitative estimate of drug-likeness (QED) is 0.653. The van der Waals surface area contributed by atoms with Gasteiger partial charge in [0.2, 0.25) is 5.91 Å². The Morgan fingerprint density at radius 1 is 1.38 bits per heavy atom. The fourth-order valence-electron chi connectivity index (χ4n) is 0.636. The molecular weight excluding hydrogens is 170 g/mol. The predicted molar refractivity (Wildman–Crippen MR) is 49.3 cm³/mol. The van der Waals surface area contributed by atoms with E-state index in [4.69, 9.17) is 4.74 Å². The summed E-state index contributed by atoms with van der Waals surface area (Å²) in [5.74, 6) is -0.243. The first-order valence-corrected chi connectivity index (χ1v) is 4.45. The number of hydrogen-bond donors (Lipinski definition) is 1. The number of carbonyl (C=O) groups is 2. The third-order valence-electron chi connectivity index (χ3n) is 1.54. The van der Waals surface area contributed by atoms with Gasteiger partial charge in [0, 0.05) is 12.5 Å². The zero-order chi connectivity index (χ0) is 10.3. The topological polar surface area (TPSA) is 55.4 Å². The average Bonchev–Trinajstić information content (AvgIpc) is 2.10. The molecule has 0 aromatic rings. The molecule has 0 aliphatic carbocycles. The zero-order valence-corrected chi connectivity index (χ0v) is 8.42. The lowest BCUT2D eigenvalue weighted by Gasteiger charge is -2.06. The van der Waals surface area contributed by atoms with Gasteiger partial charge >= 0.3 is 0 Å². The summed E-state index contributed by atoms with van der Waals surface area (Å²) >= 11 is 0. The Bertz CT molecular complexity index is 178. The van der Waals surface area contributed by atoms with E-state index in [1.54, 1.807) is 13.8 Å². The smallest absolute Gasteiger partial charge is 0.246 e. The van der Waals surface area contributed by atoms with Gasteiger partial charge in [-0.2, -0.15) is 0 Å². The summed E-state index contributed by atoms with van der Waals surface area (Å²) in [6.07, 6.45) is 0. The maximum absolute atomic E-state index is 11.1. The molecule has 0 heterocycles. The number of Topliss-reactive ketones (excluding diaryl/α,β-unsaturated/α-hetero) is 1. The molecule has 76 valence electrons. The SMILES string of the molecule is CCOCC(=O)NCC(=O)C(C)C. The summed E-state index contributed by atoms with van der Waals surface area (Å²) in [6, 6.07) is 0. The third kappa shape index (κ3) is 6.28. The third-order valence-corrected chi connectivity index (χ3v) is 1.54. The molecule has 13 heavy (non-hydrogen) atoms. The minimum absolute atomic E-state index is 0.0296. The van der Waals surface area contributed by atoms with Gasteiger partial charge in [-0.15, -0.1) is 0 Å². The Labute approximate surface area is 78.6 Å². The van der Waals surface area contributed by atoms with Crippen LogP contribution >= 0.6 is 0 Å². The Morgan fingerprint density at radius 3 is 2.46 bits per heavy atom. The lowest BCUT2D eigenvalue weighted by atomic mass is 10.1. The van der Waals surface area contributed by atoms with Crippen molar-refractivity contribution in [2.75, 3.05) is 19.8 Å². The van der Waals surface area contributed by atoms with Crippen molar-refractivity contribution in [1.29, 1.82) is 0 Å². The number of amides is 1. The van der Waals surface area contributed by atoms with Crippen LogP contribution in [-0.4, -0.2) is 31.4 Å². The van der Waals surface area contributed by atoms with Crippen LogP contribution in [0.25, 0.3) is 0 Å². The summed E-state index contributed by atoms with van der Waals surface area (Å²) in [7, 11) is 0. The molecule has 4 heteroatoms. The van der Waals surface area contributed by atoms with Crippen LogP contribution in [0.2, 0.25) is 0 Å². The fraction of sp³-hybridized carbons (Fsp3) is 0.778. The highest BCUT2D eigenvalue weighted by Gasteiger charge is 2.08. The van der Waals surface area contributed by atoms with Crippen LogP contribution in [0.3, 0.4) is 0 Å². The van der Waals surface area contributed by atoms with Crippen molar-refractivity contribution in [1.82, 2.24) is 5.32 Å².